The first kappa shape index (κ1) is 26.5. The van der Waals surface area contributed by atoms with E-state index in [1.54, 1.807) is 56.0 Å². The number of nitrogens with zero attached hydrogens (tertiary/aromatic N) is 2. The summed E-state index contributed by atoms with van der Waals surface area (Å²) < 4.78 is 13.2. The van der Waals surface area contributed by atoms with Gasteiger partial charge in [0.2, 0.25) is 0 Å². The van der Waals surface area contributed by atoms with Crippen LogP contribution in [0.15, 0.2) is 91.0 Å². The monoisotopic (exact) mass is 560 g/mol. The van der Waals surface area contributed by atoms with Gasteiger partial charge in [0.25, 0.3) is 5.56 Å². The van der Waals surface area contributed by atoms with Gasteiger partial charge < -0.3 is 14.3 Å². The molecule has 1 aliphatic rings. The van der Waals surface area contributed by atoms with E-state index in [9.17, 15) is 19.5 Å². The number of furan rings is 1. The van der Waals surface area contributed by atoms with Crippen molar-refractivity contribution in [2.45, 2.75) is 24.8 Å². The molecule has 0 radical (unpaired) electrons. The number of carboxylic acid groups (broad SMARTS) is 1. The van der Waals surface area contributed by atoms with Gasteiger partial charge in [0.15, 0.2) is 4.80 Å². The zero-order valence-corrected chi connectivity index (χ0v) is 23.0. The summed E-state index contributed by atoms with van der Waals surface area (Å²) in [7, 11) is 0. The quantitative estimate of drug-likeness (QED) is 0.262. The number of carboxylic acids is 1. The molecule has 2 aromatic heterocycles. The van der Waals surface area contributed by atoms with Gasteiger partial charge in [-0.2, -0.15) is 0 Å². The van der Waals surface area contributed by atoms with Crippen molar-refractivity contribution in [1.82, 2.24) is 4.57 Å². The molecule has 0 saturated carbocycles. The van der Waals surface area contributed by atoms with Crippen molar-refractivity contribution in [2.24, 2.45) is 4.99 Å². The molecule has 0 aliphatic carbocycles. The molecule has 4 aromatic rings. The molecule has 0 amide bonds. The Balaban J connectivity index is 1.61. The van der Waals surface area contributed by atoms with E-state index in [1.165, 1.54) is 28.0 Å². The van der Waals surface area contributed by atoms with E-state index in [0.29, 0.717) is 37.7 Å². The number of fused-ring (bicyclic) bond motifs is 1. The first-order valence-corrected chi connectivity index (χ1v) is 14.1. The molecule has 2 aromatic carbocycles. The molecule has 0 spiro atoms. The number of rotatable bonds is 7. The van der Waals surface area contributed by atoms with Crippen LogP contribution in [0.3, 0.4) is 0 Å². The molecule has 0 unspecified atom stereocenters. The Morgan fingerprint density at radius 3 is 2.64 bits per heavy atom. The Morgan fingerprint density at radius 1 is 1.18 bits per heavy atom. The van der Waals surface area contributed by atoms with Crippen molar-refractivity contribution in [2.75, 3.05) is 12.9 Å². The lowest BCUT2D eigenvalue weighted by atomic mass is 9.96. The van der Waals surface area contributed by atoms with Crippen molar-refractivity contribution in [1.29, 1.82) is 0 Å². The Kier molecular flexibility index (Phi) is 7.40. The van der Waals surface area contributed by atoms with E-state index >= 15 is 0 Å². The Bertz CT molecular complexity index is 1790. The van der Waals surface area contributed by atoms with Crippen LogP contribution in [0.2, 0.25) is 0 Å². The van der Waals surface area contributed by atoms with Crippen LogP contribution in [0, 0.1) is 0 Å². The van der Waals surface area contributed by atoms with E-state index in [0.717, 1.165) is 10.5 Å². The van der Waals surface area contributed by atoms with E-state index in [1.807, 2.05) is 30.5 Å². The highest BCUT2D eigenvalue weighted by atomic mass is 32.2. The number of carbonyl (C=O) groups is 2. The maximum Gasteiger partial charge on any atom is 0.338 e. The molecule has 0 fully saturated rings. The molecule has 1 atom stereocenters. The normalized spacial score (nSPS) is 15.2. The van der Waals surface area contributed by atoms with Crippen molar-refractivity contribution >= 4 is 41.1 Å². The van der Waals surface area contributed by atoms with Crippen LogP contribution in [0.1, 0.15) is 41.6 Å². The van der Waals surface area contributed by atoms with Crippen LogP contribution >= 0.6 is 23.1 Å². The number of aromatic carboxylic acids is 1. The number of benzene rings is 2. The van der Waals surface area contributed by atoms with Crippen LogP contribution in [-0.4, -0.2) is 34.5 Å². The second-order valence-electron chi connectivity index (χ2n) is 8.66. The smallest absolute Gasteiger partial charge is 0.338 e. The number of thioether (sulfide) groups is 1. The highest BCUT2D eigenvalue weighted by Crippen LogP contribution is 2.32. The van der Waals surface area contributed by atoms with Gasteiger partial charge in [0, 0.05) is 16.5 Å². The fourth-order valence-electron chi connectivity index (χ4n) is 4.41. The molecule has 10 heteroatoms. The Hall–Kier alpha value is -4.15. The lowest BCUT2D eigenvalue weighted by Crippen LogP contribution is -2.39. The average molecular weight is 561 g/mol. The van der Waals surface area contributed by atoms with Gasteiger partial charge in [0.1, 0.15) is 11.5 Å². The molecule has 1 N–H and O–H groups in total. The third-order valence-electron chi connectivity index (χ3n) is 6.24. The van der Waals surface area contributed by atoms with Crippen molar-refractivity contribution in [3.63, 3.8) is 0 Å². The Labute approximate surface area is 231 Å². The van der Waals surface area contributed by atoms with Crippen LogP contribution in [0.25, 0.3) is 17.4 Å². The van der Waals surface area contributed by atoms with Gasteiger partial charge in [-0.25, -0.2) is 14.6 Å². The van der Waals surface area contributed by atoms with E-state index in [4.69, 9.17) is 9.15 Å². The number of carbonyl (C=O) groups excluding carboxylic acids is 1. The predicted molar refractivity (Wildman–Crippen MR) is 150 cm³/mol. The van der Waals surface area contributed by atoms with Gasteiger partial charge >= 0.3 is 11.9 Å². The summed E-state index contributed by atoms with van der Waals surface area (Å²) in [5.74, 6) is -0.631. The summed E-state index contributed by atoms with van der Waals surface area (Å²) in [6.45, 7) is 3.69. The van der Waals surface area contributed by atoms with Gasteiger partial charge in [0.05, 0.1) is 34.0 Å². The molecule has 5 rings (SSSR count). The molecule has 0 bridgehead atoms. The fourth-order valence-corrected chi connectivity index (χ4v) is 5.85. The van der Waals surface area contributed by atoms with Gasteiger partial charge in [-0.3, -0.25) is 9.36 Å². The fraction of sp³-hybridized carbons (Fsp3) is 0.172. The SMILES string of the molecule is CCOC(=O)C1=C(C)N=c2sc(=Cc3ccc(-c4cccc(C(=O)O)c4)o3)c(=O)n2[C@H]1c1ccc(SC)cc1. The number of hydrogen-bond donors (Lipinski definition) is 1. The van der Waals surface area contributed by atoms with Gasteiger partial charge in [-0.1, -0.05) is 35.6 Å². The summed E-state index contributed by atoms with van der Waals surface area (Å²) in [6, 6.07) is 16.9. The third kappa shape index (κ3) is 5.13. The third-order valence-corrected chi connectivity index (χ3v) is 7.97. The number of allylic oxidation sites excluding steroid dienone is 1. The zero-order valence-electron chi connectivity index (χ0n) is 21.3. The number of aromatic nitrogens is 1. The topological polar surface area (TPSA) is 111 Å². The lowest BCUT2D eigenvalue weighted by molar-refractivity contribution is -0.139. The van der Waals surface area contributed by atoms with E-state index < -0.39 is 18.0 Å². The lowest BCUT2D eigenvalue weighted by Gasteiger charge is -2.24. The standard InChI is InChI=1S/C29H24N2O6S2/c1-4-36-28(35)24-16(2)30-29-31(25(24)17-8-11-21(38-3)12-9-17)26(32)23(39-29)15-20-10-13-22(37-20)18-6-5-7-19(14-18)27(33)34/h5-15,25H,4H2,1-3H3,(H,33,34)/t25-/m0/s1. The summed E-state index contributed by atoms with van der Waals surface area (Å²) in [4.78, 5) is 44.2. The molecule has 39 heavy (non-hydrogen) atoms. The van der Waals surface area contributed by atoms with Gasteiger partial charge in [-0.15, -0.1) is 11.8 Å². The number of thiazole rings is 1. The summed E-state index contributed by atoms with van der Waals surface area (Å²) >= 11 is 2.81. The minimum absolute atomic E-state index is 0.150. The van der Waals surface area contributed by atoms with Crippen LogP contribution in [-0.2, 0) is 9.53 Å². The minimum Gasteiger partial charge on any atom is -0.478 e. The number of ether oxygens (including phenoxy) is 1. The van der Waals surface area contributed by atoms with Crippen LogP contribution < -0.4 is 14.9 Å². The van der Waals surface area contributed by atoms with Crippen molar-refractivity contribution < 1.29 is 23.8 Å². The molecule has 3 heterocycles. The Morgan fingerprint density at radius 2 is 1.95 bits per heavy atom. The highest BCUT2D eigenvalue weighted by Gasteiger charge is 2.33. The largest absolute Gasteiger partial charge is 0.478 e. The van der Waals surface area contributed by atoms with Crippen molar-refractivity contribution in [3.8, 4) is 11.3 Å². The van der Waals surface area contributed by atoms with Gasteiger partial charge in [-0.05, 0) is 62.1 Å². The second-order valence-corrected chi connectivity index (χ2v) is 10.6. The maximum absolute atomic E-state index is 13.8. The molecule has 8 nitrogen and oxygen atoms in total. The second kappa shape index (κ2) is 10.9. The first-order chi connectivity index (χ1) is 18.8. The van der Waals surface area contributed by atoms with Crippen LogP contribution in [0.4, 0.5) is 0 Å². The minimum atomic E-state index is -1.03. The highest BCUT2D eigenvalue weighted by molar-refractivity contribution is 7.98. The van der Waals surface area contributed by atoms with E-state index in [-0.39, 0.29) is 17.7 Å². The number of esters is 1. The average Bonchev–Trinajstić information content (AvgIpc) is 3.52. The maximum atomic E-state index is 13.8. The predicted octanol–water partition coefficient (Wildman–Crippen LogP) is 4.48. The molecule has 1 aliphatic heterocycles. The molecular weight excluding hydrogens is 536 g/mol. The van der Waals surface area contributed by atoms with E-state index in [2.05, 4.69) is 4.99 Å². The zero-order chi connectivity index (χ0) is 27.7. The number of hydrogen-bond acceptors (Lipinski definition) is 8. The van der Waals surface area contributed by atoms with Crippen molar-refractivity contribution in [3.05, 3.63) is 109 Å². The molecule has 198 valence electrons. The van der Waals surface area contributed by atoms with Crippen LogP contribution in [0.5, 0.6) is 0 Å². The summed E-state index contributed by atoms with van der Waals surface area (Å²) in [6.07, 6.45) is 3.61. The first-order valence-electron chi connectivity index (χ1n) is 12.1. The summed E-state index contributed by atoms with van der Waals surface area (Å²) in [5.41, 5.74) is 2.05. The molecule has 0 saturated heterocycles. The molecular formula is C29H24N2O6S2. The summed E-state index contributed by atoms with van der Waals surface area (Å²) in [5, 5.41) is 9.28.